The Morgan fingerprint density at radius 2 is 1.74 bits per heavy atom. The van der Waals surface area contributed by atoms with E-state index >= 15 is 0 Å². The van der Waals surface area contributed by atoms with Crippen molar-refractivity contribution in [1.29, 1.82) is 5.26 Å². The normalized spacial score (nSPS) is 11.3. The van der Waals surface area contributed by atoms with E-state index in [9.17, 15) is 14.7 Å². The van der Waals surface area contributed by atoms with Gasteiger partial charge in [-0.05, 0) is 29.8 Å². The third-order valence-electron chi connectivity index (χ3n) is 3.60. The van der Waals surface area contributed by atoms with Gasteiger partial charge in [-0.15, -0.1) is 0 Å². The van der Waals surface area contributed by atoms with Gasteiger partial charge in [0, 0.05) is 6.42 Å². The first-order valence-electron chi connectivity index (χ1n) is 7.70. The number of hydrogen-bond acceptors (Lipinski definition) is 4. The van der Waals surface area contributed by atoms with Gasteiger partial charge in [-0.1, -0.05) is 46.9 Å². The maximum Gasteiger partial charge on any atom is 0.253 e. The lowest BCUT2D eigenvalue weighted by Crippen LogP contribution is -2.48. The first kappa shape index (κ1) is 20.8. The summed E-state index contributed by atoms with van der Waals surface area (Å²) >= 11 is 17.8. The van der Waals surface area contributed by atoms with E-state index in [1.807, 2.05) is 0 Å². The van der Waals surface area contributed by atoms with Crippen molar-refractivity contribution in [3.8, 4) is 11.8 Å². The van der Waals surface area contributed by atoms with Gasteiger partial charge < -0.3 is 15.7 Å². The SMILES string of the molecule is N#CCNC(=O)[C@H](Cc1cc(Cl)c(O)c(Cl)c1)NC(=O)c1ccccc1Cl. The van der Waals surface area contributed by atoms with Crippen molar-refractivity contribution >= 4 is 46.6 Å². The van der Waals surface area contributed by atoms with Crippen LogP contribution in [0.5, 0.6) is 5.75 Å². The van der Waals surface area contributed by atoms with Crippen molar-refractivity contribution in [3.05, 3.63) is 62.6 Å². The highest BCUT2D eigenvalue weighted by atomic mass is 35.5. The van der Waals surface area contributed by atoms with E-state index in [0.717, 1.165) is 0 Å². The molecule has 9 heteroatoms. The van der Waals surface area contributed by atoms with Crippen LogP contribution in [0.1, 0.15) is 15.9 Å². The molecule has 0 aliphatic rings. The van der Waals surface area contributed by atoms with Gasteiger partial charge in [0.15, 0.2) is 5.75 Å². The molecular formula is C18H14Cl3N3O3. The number of nitriles is 1. The van der Waals surface area contributed by atoms with Gasteiger partial charge in [-0.3, -0.25) is 9.59 Å². The highest BCUT2D eigenvalue weighted by molar-refractivity contribution is 6.37. The molecule has 2 amide bonds. The minimum absolute atomic E-state index is 0.0195. The maximum absolute atomic E-state index is 12.5. The lowest BCUT2D eigenvalue weighted by molar-refractivity contribution is -0.122. The zero-order valence-corrected chi connectivity index (χ0v) is 16.1. The van der Waals surface area contributed by atoms with Crippen LogP contribution in [0.3, 0.4) is 0 Å². The van der Waals surface area contributed by atoms with Crippen LogP contribution in [0, 0.1) is 11.3 Å². The summed E-state index contributed by atoms with van der Waals surface area (Å²) in [5.41, 5.74) is 0.721. The summed E-state index contributed by atoms with van der Waals surface area (Å²) in [5.74, 6) is -1.38. The third kappa shape index (κ3) is 5.51. The van der Waals surface area contributed by atoms with Crippen LogP contribution in [0.25, 0.3) is 0 Å². The fraction of sp³-hybridized carbons (Fsp3) is 0.167. The number of rotatable bonds is 6. The molecule has 0 aliphatic carbocycles. The first-order valence-corrected chi connectivity index (χ1v) is 8.83. The molecule has 0 heterocycles. The van der Waals surface area contributed by atoms with Crippen LogP contribution in [0.2, 0.25) is 15.1 Å². The number of carbonyl (C=O) groups excluding carboxylic acids is 2. The van der Waals surface area contributed by atoms with Crippen molar-refractivity contribution in [2.75, 3.05) is 6.54 Å². The van der Waals surface area contributed by atoms with Crippen molar-refractivity contribution in [3.63, 3.8) is 0 Å². The average Bonchev–Trinajstić information content (AvgIpc) is 2.63. The molecule has 2 rings (SSSR count). The Hall–Kier alpha value is -2.46. The lowest BCUT2D eigenvalue weighted by atomic mass is 10.0. The zero-order valence-electron chi connectivity index (χ0n) is 13.8. The molecule has 0 bridgehead atoms. The van der Waals surface area contributed by atoms with E-state index in [1.54, 1.807) is 24.3 Å². The van der Waals surface area contributed by atoms with Crippen molar-refractivity contribution in [2.24, 2.45) is 0 Å². The molecule has 0 spiro atoms. The Bertz CT molecular complexity index is 889. The highest BCUT2D eigenvalue weighted by Gasteiger charge is 2.23. The summed E-state index contributed by atoms with van der Waals surface area (Å²) in [5, 5.41) is 23.6. The Kier molecular flexibility index (Phi) is 7.31. The molecule has 0 unspecified atom stereocenters. The molecular weight excluding hydrogens is 413 g/mol. The fourth-order valence-electron chi connectivity index (χ4n) is 2.31. The molecule has 140 valence electrons. The van der Waals surface area contributed by atoms with Crippen molar-refractivity contribution in [1.82, 2.24) is 10.6 Å². The molecule has 2 aromatic rings. The second-order valence-electron chi connectivity index (χ2n) is 5.49. The quantitative estimate of drug-likeness (QED) is 0.617. The monoisotopic (exact) mass is 425 g/mol. The number of nitrogens with one attached hydrogen (secondary N) is 2. The van der Waals surface area contributed by atoms with Gasteiger partial charge in [-0.2, -0.15) is 5.26 Å². The van der Waals surface area contributed by atoms with E-state index in [1.165, 1.54) is 18.2 Å². The summed E-state index contributed by atoms with van der Waals surface area (Å²) in [6, 6.07) is 10.1. The summed E-state index contributed by atoms with van der Waals surface area (Å²) in [6.45, 7) is -0.214. The minimum atomic E-state index is -1.02. The van der Waals surface area contributed by atoms with Crippen LogP contribution in [0.15, 0.2) is 36.4 Å². The van der Waals surface area contributed by atoms with E-state index in [0.29, 0.717) is 5.56 Å². The smallest absolute Gasteiger partial charge is 0.253 e. The number of amides is 2. The van der Waals surface area contributed by atoms with Gasteiger partial charge in [0.05, 0.1) is 26.7 Å². The topological polar surface area (TPSA) is 102 Å². The van der Waals surface area contributed by atoms with Crippen LogP contribution < -0.4 is 10.6 Å². The van der Waals surface area contributed by atoms with E-state index in [-0.39, 0.29) is 39.3 Å². The number of benzene rings is 2. The Morgan fingerprint density at radius 1 is 1.11 bits per heavy atom. The molecule has 0 aliphatic heterocycles. The molecule has 27 heavy (non-hydrogen) atoms. The number of halogens is 3. The van der Waals surface area contributed by atoms with Crippen LogP contribution >= 0.6 is 34.8 Å². The predicted octanol–water partition coefficient (Wildman–Crippen LogP) is 3.33. The molecule has 0 saturated heterocycles. The number of phenolic OH excluding ortho intramolecular Hbond substituents is 1. The third-order valence-corrected chi connectivity index (χ3v) is 4.50. The van der Waals surface area contributed by atoms with Gasteiger partial charge in [0.2, 0.25) is 5.91 Å². The summed E-state index contributed by atoms with van der Waals surface area (Å²) in [4.78, 5) is 24.9. The molecule has 0 fully saturated rings. The molecule has 0 saturated carbocycles. The number of nitrogens with zero attached hydrogens (tertiary/aromatic N) is 1. The average molecular weight is 427 g/mol. The number of hydrogen-bond donors (Lipinski definition) is 3. The van der Waals surface area contributed by atoms with Crippen molar-refractivity contribution < 1.29 is 14.7 Å². The van der Waals surface area contributed by atoms with Crippen molar-refractivity contribution in [2.45, 2.75) is 12.5 Å². The van der Waals surface area contributed by atoms with E-state index in [4.69, 9.17) is 40.1 Å². The molecule has 1 atom stereocenters. The number of phenols is 1. The summed E-state index contributed by atoms with van der Waals surface area (Å²) in [6.07, 6.45) is 0.0349. The Labute approximate surface area is 170 Å². The van der Waals surface area contributed by atoms with Gasteiger partial charge in [0.25, 0.3) is 5.91 Å². The number of aromatic hydroxyl groups is 1. The van der Waals surface area contributed by atoms with E-state index < -0.39 is 17.9 Å². The zero-order chi connectivity index (χ0) is 20.0. The van der Waals surface area contributed by atoms with E-state index in [2.05, 4.69) is 10.6 Å². The van der Waals surface area contributed by atoms with Crippen LogP contribution in [-0.4, -0.2) is 29.5 Å². The summed E-state index contributed by atoms with van der Waals surface area (Å²) in [7, 11) is 0. The fourth-order valence-corrected chi connectivity index (χ4v) is 3.07. The highest BCUT2D eigenvalue weighted by Crippen LogP contribution is 2.33. The largest absolute Gasteiger partial charge is 0.505 e. The molecule has 0 radical (unpaired) electrons. The Morgan fingerprint density at radius 3 is 2.33 bits per heavy atom. The van der Waals surface area contributed by atoms with Gasteiger partial charge in [0.1, 0.15) is 12.6 Å². The van der Waals surface area contributed by atoms with Gasteiger partial charge >= 0.3 is 0 Å². The van der Waals surface area contributed by atoms with Crippen LogP contribution in [0.4, 0.5) is 0 Å². The second kappa shape index (κ2) is 9.47. The first-order chi connectivity index (χ1) is 12.8. The Balaban J connectivity index is 2.26. The molecule has 6 nitrogen and oxygen atoms in total. The van der Waals surface area contributed by atoms with Crippen LogP contribution in [-0.2, 0) is 11.2 Å². The second-order valence-corrected chi connectivity index (χ2v) is 6.72. The minimum Gasteiger partial charge on any atom is -0.505 e. The maximum atomic E-state index is 12.5. The molecule has 0 aromatic heterocycles. The standard InChI is InChI=1S/C18H14Cl3N3O3/c19-12-4-2-1-3-11(12)17(26)24-15(18(27)23-6-5-22)9-10-7-13(20)16(25)14(21)8-10/h1-4,7-8,15,25H,6,9H2,(H,23,27)(H,24,26)/t15-/m0/s1. The molecule has 2 aromatic carbocycles. The number of carbonyl (C=O) groups is 2. The van der Waals surface area contributed by atoms with Gasteiger partial charge in [-0.25, -0.2) is 0 Å². The predicted molar refractivity (Wildman–Crippen MR) is 103 cm³/mol. The molecule has 3 N–H and O–H groups in total. The summed E-state index contributed by atoms with van der Waals surface area (Å²) < 4.78 is 0. The lowest BCUT2D eigenvalue weighted by Gasteiger charge is -2.19.